The van der Waals surface area contributed by atoms with Gasteiger partial charge in [-0.1, -0.05) is 25.1 Å². The normalized spacial score (nSPS) is 28.2. The first kappa shape index (κ1) is 12.6. The maximum absolute atomic E-state index is 13.8. The van der Waals surface area contributed by atoms with Gasteiger partial charge in [0.2, 0.25) is 0 Å². The van der Waals surface area contributed by atoms with Crippen LogP contribution in [-0.2, 0) is 5.41 Å². The Morgan fingerprint density at radius 3 is 2.59 bits per heavy atom. The van der Waals surface area contributed by atoms with Crippen LogP contribution in [0.15, 0.2) is 24.3 Å². The molecule has 94 valence electrons. The van der Waals surface area contributed by atoms with Gasteiger partial charge in [0, 0.05) is 5.54 Å². The minimum atomic E-state index is -0.0618. The average Bonchev–Trinajstić information content (AvgIpc) is 2.88. The summed E-state index contributed by atoms with van der Waals surface area (Å²) < 4.78 is 13.8. The highest BCUT2D eigenvalue weighted by molar-refractivity contribution is 5.33. The molecule has 1 aliphatic rings. The van der Waals surface area contributed by atoms with Crippen molar-refractivity contribution in [2.45, 2.75) is 45.1 Å². The first-order valence-electron chi connectivity index (χ1n) is 6.33. The molecule has 2 heteroatoms. The van der Waals surface area contributed by atoms with Gasteiger partial charge in [0.05, 0.1) is 0 Å². The lowest BCUT2D eigenvalue weighted by Gasteiger charge is -2.21. The van der Waals surface area contributed by atoms with Crippen molar-refractivity contribution in [3.63, 3.8) is 0 Å². The summed E-state index contributed by atoms with van der Waals surface area (Å²) in [4.78, 5) is 0. The fraction of sp³-hybridized carbons (Fsp3) is 0.600. The number of rotatable bonds is 3. The van der Waals surface area contributed by atoms with Crippen LogP contribution in [0.1, 0.15) is 39.7 Å². The van der Waals surface area contributed by atoms with E-state index in [1.54, 1.807) is 12.1 Å². The highest BCUT2D eigenvalue weighted by Gasteiger charge is 2.52. The molecule has 1 saturated carbocycles. The van der Waals surface area contributed by atoms with Crippen molar-refractivity contribution < 1.29 is 4.39 Å². The fourth-order valence-electron chi connectivity index (χ4n) is 2.43. The molecule has 1 fully saturated rings. The van der Waals surface area contributed by atoms with Crippen LogP contribution in [0.3, 0.4) is 0 Å². The second-order valence-electron chi connectivity index (χ2n) is 6.43. The van der Waals surface area contributed by atoms with E-state index in [0.29, 0.717) is 5.92 Å². The van der Waals surface area contributed by atoms with Crippen molar-refractivity contribution in [3.05, 3.63) is 35.6 Å². The molecular formula is C15H22FN. The molecule has 1 N–H and O–H groups in total. The molecule has 0 heterocycles. The predicted octanol–water partition coefficient (Wildman–Crippen LogP) is 3.49. The molecule has 0 aliphatic heterocycles. The van der Waals surface area contributed by atoms with Crippen LogP contribution in [0.25, 0.3) is 0 Å². The quantitative estimate of drug-likeness (QED) is 0.845. The van der Waals surface area contributed by atoms with Crippen LogP contribution in [0.4, 0.5) is 4.39 Å². The van der Waals surface area contributed by atoms with Gasteiger partial charge in [-0.15, -0.1) is 0 Å². The van der Waals surface area contributed by atoms with Crippen molar-refractivity contribution in [2.24, 2.45) is 5.92 Å². The Kier molecular flexibility index (Phi) is 3.03. The maximum atomic E-state index is 13.8. The van der Waals surface area contributed by atoms with Crippen LogP contribution in [0.2, 0.25) is 0 Å². The van der Waals surface area contributed by atoms with Crippen molar-refractivity contribution in [3.8, 4) is 0 Å². The number of nitrogens with one attached hydrogen (secondary N) is 1. The molecule has 0 saturated heterocycles. The van der Waals surface area contributed by atoms with Crippen molar-refractivity contribution in [2.75, 3.05) is 6.54 Å². The van der Waals surface area contributed by atoms with Crippen molar-refractivity contribution >= 4 is 0 Å². The van der Waals surface area contributed by atoms with E-state index in [9.17, 15) is 4.39 Å². The Morgan fingerprint density at radius 2 is 2.00 bits per heavy atom. The van der Waals surface area contributed by atoms with Crippen LogP contribution in [0, 0.1) is 11.7 Å². The third-order valence-corrected chi connectivity index (χ3v) is 3.78. The second-order valence-corrected chi connectivity index (χ2v) is 6.43. The standard InChI is InChI=1S/C15H22FN/c1-14(2,3)17-10-11-9-15(11,4)12-7-5-6-8-13(12)16/h5-8,11,17H,9-10H2,1-4H3. The molecule has 2 rings (SSSR count). The zero-order valence-corrected chi connectivity index (χ0v) is 11.2. The van der Waals surface area contributed by atoms with Crippen LogP contribution in [0.5, 0.6) is 0 Å². The smallest absolute Gasteiger partial charge is 0.126 e. The molecule has 1 aromatic rings. The summed E-state index contributed by atoms with van der Waals surface area (Å²) in [7, 11) is 0. The van der Waals surface area contributed by atoms with E-state index in [0.717, 1.165) is 18.5 Å². The molecule has 1 nitrogen and oxygen atoms in total. The van der Waals surface area contributed by atoms with E-state index in [1.807, 2.05) is 12.1 Å². The van der Waals surface area contributed by atoms with E-state index in [-0.39, 0.29) is 16.8 Å². The van der Waals surface area contributed by atoms with Gasteiger partial charge in [0.25, 0.3) is 0 Å². The molecule has 2 atom stereocenters. The number of hydrogen-bond acceptors (Lipinski definition) is 1. The lowest BCUT2D eigenvalue weighted by atomic mass is 9.94. The monoisotopic (exact) mass is 235 g/mol. The summed E-state index contributed by atoms with van der Waals surface area (Å²) in [6.45, 7) is 9.62. The predicted molar refractivity (Wildman–Crippen MR) is 69.6 cm³/mol. The van der Waals surface area contributed by atoms with Crippen LogP contribution in [-0.4, -0.2) is 12.1 Å². The van der Waals surface area contributed by atoms with Gasteiger partial charge in [-0.2, -0.15) is 0 Å². The van der Waals surface area contributed by atoms with E-state index < -0.39 is 0 Å². The van der Waals surface area contributed by atoms with Crippen molar-refractivity contribution in [1.82, 2.24) is 5.32 Å². The molecule has 0 amide bonds. The molecule has 0 aromatic heterocycles. The third-order valence-electron chi connectivity index (χ3n) is 3.78. The molecule has 17 heavy (non-hydrogen) atoms. The Labute approximate surface area is 103 Å². The average molecular weight is 235 g/mol. The summed E-state index contributed by atoms with van der Waals surface area (Å²) in [5, 5.41) is 3.51. The fourth-order valence-corrected chi connectivity index (χ4v) is 2.43. The number of benzene rings is 1. The lowest BCUT2D eigenvalue weighted by molar-refractivity contribution is 0.405. The summed E-state index contributed by atoms with van der Waals surface area (Å²) >= 11 is 0. The highest BCUT2D eigenvalue weighted by atomic mass is 19.1. The second kappa shape index (κ2) is 4.09. The van der Waals surface area contributed by atoms with Crippen LogP contribution >= 0.6 is 0 Å². The Hall–Kier alpha value is -0.890. The van der Waals surface area contributed by atoms with Crippen LogP contribution < -0.4 is 5.32 Å². The van der Waals surface area contributed by atoms with E-state index in [2.05, 4.69) is 33.0 Å². The van der Waals surface area contributed by atoms with Gasteiger partial charge in [-0.3, -0.25) is 0 Å². The van der Waals surface area contributed by atoms with Gasteiger partial charge in [-0.05, 0) is 56.7 Å². The summed E-state index contributed by atoms with van der Waals surface area (Å²) in [6, 6.07) is 7.17. The lowest BCUT2D eigenvalue weighted by Crippen LogP contribution is -2.38. The molecule has 1 aromatic carbocycles. The minimum Gasteiger partial charge on any atom is -0.312 e. The Balaban J connectivity index is 2.03. The molecule has 1 aliphatic carbocycles. The molecular weight excluding hydrogens is 213 g/mol. The largest absolute Gasteiger partial charge is 0.312 e. The summed E-state index contributed by atoms with van der Waals surface area (Å²) in [6.07, 6.45) is 1.08. The number of hydrogen-bond donors (Lipinski definition) is 1. The Bertz CT molecular complexity index is 408. The zero-order chi connectivity index (χ0) is 12.7. The van der Waals surface area contributed by atoms with E-state index >= 15 is 0 Å². The molecule has 0 bridgehead atoms. The van der Waals surface area contributed by atoms with Gasteiger partial charge < -0.3 is 5.32 Å². The Morgan fingerprint density at radius 1 is 1.35 bits per heavy atom. The maximum Gasteiger partial charge on any atom is 0.126 e. The van der Waals surface area contributed by atoms with Gasteiger partial charge >= 0.3 is 0 Å². The molecule has 2 unspecified atom stereocenters. The van der Waals surface area contributed by atoms with Gasteiger partial charge in [0.15, 0.2) is 0 Å². The minimum absolute atomic E-state index is 0.0313. The molecule has 0 spiro atoms. The van der Waals surface area contributed by atoms with E-state index in [4.69, 9.17) is 0 Å². The molecule has 0 radical (unpaired) electrons. The summed E-state index contributed by atoms with van der Waals surface area (Å²) in [5.74, 6) is 0.492. The zero-order valence-electron chi connectivity index (χ0n) is 11.2. The first-order chi connectivity index (χ1) is 7.83. The van der Waals surface area contributed by atoms with E-state index in [1.165, 1.54) is 0 Å². The highest BCUT2D eigenvalue weighted by Crippen LogP contribution is 2.54. The first-order valence-corrected chi connectivity index (χ1v) is 6.33. The SMILES string of the molecule is CC(C)(C)NCC1CC1(C)c1ccccc1F. The van der Waals surface area contributed by atoms with Gasteiger partial charge in [-0.25, -0.2) is 4.39 Å². The topological polar surface area (TPSA) is 12.0 Å². The van der Waals surface area contributed by atoms with Crippen molar-refractivity contribution in [1.29, 1.82) is 0 Å². The number of halogens is 1. The third kappa shape index (κ3) is 2.68. The summed E-state index contributed by atoms with van der Waals surface area (Å²) in [5.41, 5.74) is 1.04. The van der Waals surface area contributed by atoms with Gasteiger partial charge in [0.1, 0.15) is 5.82 Å².